The number of nitrogens with one attached hydrogen (secondary N) is 1. The first-order valence-corrected chi connectivity index (χ1v) is 13.3. The Morgan fingerprint density at radius 1 is 1.25 bits per heavy atom. The zero-order valence-corrected chi connectivity index (χ0v) is 24.2. The molecule has 0 unspecified atom stereocenters. The lowest BCUT2D eigenvalue weighted by Gasteiger charge is -2.27. The third-order valence-corrected chi connectivity index (χ3v) is 7.13. The minimum Gasteiger partial charge on any atom is -0.472 e. The molecule has 40 heavy (non-hydrogen) atoms. The van der Waals surface area contributed by atoms with Crippen molar-refractivity contribution >= 4 is 29.0 Å². The van der Waals surface area contributed by atoms with Crippen molar-refractivity contribution in [3.8, 4) is 17.1 Å². The van der Waals surface area contributed by atoms with Crippen LogP contribution in [0.25, 0.3) is 34.3 Å². The van der Waals surface area contributed by atoms with Crippen molar-refractivity contribution in [1.29, 1.82) is 0 Å². The van der Waals surface area contributed by atoms with E-state index in [0.29, 0.717) is 38.5 Å². The Morgan fingerprint density at radius 3 is 2.80 bits per heavy atom. The number of ether oxygens (including phenoxy) is 2. The first-order chi connectivity index (χ1) is 19.2. The summed E-state index contributed by atoms with van der Waals surface area (Å²) in [5.74, 6) is 0.622. The first kappa shape index (κ1) is 27.5. The zero-order valence-electron chi connectivity index (χ0n) is 24.2. The summed E-state index contributed by atoms with van der Waals surface area (Å²) in [6.45, 7) is 5.66. The highest BCUT2D eigenvalue weighted by molar-refractivity contribution is 5.93. The third-order valence-electron chi connectivity index (χ3n) is 7.13. The van der Waals surface area contributed by atoms with Crippen LogP contribution in [0.5, 0.6) is 5.88 Å². The molecule has 212 valence electrons. The Balaban J connectivity index is 1.68. The van der Waals surface area contributed by atoms with E-state index >= 15 is 0 Å². The van der Waals surface area contributed by atoms with Crippen LogP contribution in [-0.4, -0.2) is 90.8 Å². The molecule has 0 aromatic carbocycles. The van der Waals surface area contributed by atoms with Crippen molar-refractivity contribution < 1.29 is 14.3 Å². The molecule has 0 aliphatic carbocycles. The number of carbonyl (C=O) groups is 1. The van der Waals surface area contributed by atoms with Gasteiger partial charge in [-0.1, -0.05) is 0 Å². The van der Waals surface area contributed by atoms with Gasteiger partial charge in [-0.2, -0.15) is 15.3 Å². The standard InChI is InChI=1S/C28H37N9O3/c1-17-14-37(25(38)10-11-34(3)4)15-24-19(13-29-35(24)5)8-9-21-20-12-22(30-18(2)27(20)32-31-21)26-23(16-39-7)33-36(6)28(26)40-17/h8-9,12-13,17H,10-11,14-16H2,1-7H3,(H,31,32)/b9-8+/t17-/m0/s1. The summed E-state index contributed by atoms with van der Waals surface area (Å²) in [7, 11) is 9.32. The van der Waals surface area contributed by atoms with Gasteiger partial charge in [-0.25, -0.2) is 4.68 Å². The zero-order chi connectivity index (χ0) is 28.6. The number of hydrogen-bond donors (Lipinski definition) is 1. The van der Waals surface area contributed by atoms with Gasteiger partial charge in [-0.3, -0.25) is 19.6 Å². The smallest absolute Gasteiger partial charge is 0.224 e. The van der Waals surface area contributed by atoms with Crippen molar-refractivity contribution in [3.05, 3.63) is 40.6 Å². The van der Waals surface area contributed by atoms with Gasteiger partial charge in [0.2, 0.25) is 11.8 Å². The molecular formula is C28H37N9O3. The maximum Gasteiger partial charge on any atom is 0.224 e. The summed E-state index contributed by atoms with van der Waals surface area (Å²) in [5, 5.41) is 17.8. The summed E-state index contributed by atoms with van der Waals surface area (Å²) < 4.78 is 15.6. The number of hydrogen-bond acceptors (Lipinski definition) is 8. The molecule has 0 saturated heterocycles. The van der Waals surface area contributed by atoms with E-state index in [1.807, 2.05) is 80.9 Å². The fraction of sp³-hybridized carbons (Fsp3) is 0.464. The summed E-state index contributed by atoms with van der Waals surface area (Å²) in [4.78, 5) is 22.2. The van der Waals surface area contributed by atoms with Crippen molar-refractivity contribution in [2.75, 3.05) is 34.3 Å². The number of aryl methyl sites for hydroxylation is 3. The summed E-state index contributed by atoms with van der Waals surface area (Å²) >= 11 is 0. The van der Waals surface area contributed by atoms with Crippen LogP contribution in [0.4, 0.5) is 0 Å². The van der Waals surface area contributed by atoms with Gasteiger partial charge < -0.3 is 19.3 Å². The number of pyridine rings is 1. The van der Waals surface area contributed by atoms with Crippen LogP contribution in [0.3, 0.4) is 0 Å². The van der Waals surface area contributed by atoms with Crippen molar-refractivity contribution in [3.63, 3.8) is 0 Å². The van der Waals surface area contributed by atoms with Crippen LogP contribution in [0.1, 0.15) is 41.7 Å². The van der Waals surface area contributed by atoms with E-state index in [0.717, 1.165) is 50.5 Å². The molecule has 12 heteroatoms. The highest BCUT2D eigenvalue weighted by atomic mass is 16.5. The van der Waals surface area contributed by atoms with Crippen molar-refractivity contribution in [2.24, 2.45) is 14.1 Å². The van der Waals surface area contributed by atoms with E-state index < -0.39 is 0 Å². The topological polar surface area (TPSA) is 119 Å². The molecule has 5 rings (SSSR count). The van der Waals surface area contributed by atoms with Gasteiger partial charge in [0, 0.05) is 45.1 Å². The minimum absolute atomic E-state index is 0.0501. The average molecular weight is 548 g/mol. The highest BCUT2D eigenvalue weighted by Crippen LogP contribution is 2.36. The Morgan fingerprint density at radius 2 is 2.05 bits per heavy atom. The number of carbonyl (C=O) groups excluding carboxylic acids is 1. The van der Waals surface area contributed by atoms with E-state index in [4.69, 9.17) is 19.6 Å². The molecule has 0 saturated carbocycles. The Labute approximate surface area is 233 Å². The molecule has 12 nitrogen and oxygen atoms in total. The van der Waals surface area contributed by atoms with E-state index in [2.05, 4.69) is 15.3 Å². The second-order valence-corrected chi connectivity index (χ2v) is 10.6. The molecule has 4 aromatic heterocycles. The third kappa shape index (κ3) is 5.36. The van der Waals surface area contributed by atoms with Gasteiger partial charge in [0.05, 0.1) is 54.2 Å². The van der Waals surface area contributed by atoms with Gasteiger partial charge >= 0.3 is 0 Å². The molecule has 2 bridgehead atoms. The molecule has 1 N–H and O–H groups in total. The normalized spacial score (nSPS) is 16.5. The van der Waals surface area contributed by atoms with Crippen molar-refractivity contribution in [1.82, 2.24) is 44.5 Å². The molecule has 0 spiro atoms. The number of nitrogens with zero attached hydrogens (tertiary/aromatic N) is 8. The van der Waals surface area contributed by atoms with Gasteiger partial charge in [0.15, 0.2) is 0 Å². The van der Waals surface area contributed by atoms with Crippen LogP contribution in [0.2, 0.25) is 0 Å². The first-order valence-electron chi connectivity index (χ1n) is 13.3. The number of rotatable bonds is 5. The van der Waals surface area contributed by atoms with Crippen LogP contribution in [-0.2, 0) is 36.8 Å². The lowest BCUT2D eigenvalue weighted by Crippen LogP contribution is -2.40. The van der Waals surface area contributed by atoms with E-state index in [9.17, 15) is 4.79 Å². The van der Waals surface area contributed by atoms with Crippen molar-refractivity contribution in [2.45, 2.75) is 39.5 Å². The molecule has 0 radical (unpaired) electrons. The molecular weight excluding hydrogens is 510 g/mol. The number of aromatic amines is 1. The van der Waals surface area contributed by atoms with Crippen LogP contribution < -0.4 is 4.74 Å². The molecule has 1 atom stereocenters. The maximum atomic E-state index is 13.5. The van der Waals surface area contributed by atoms with Crippen LogP contribution >= 0.6 is 0 Å². The highest BCUT2D eigenvalue weighted by Gasteiger charge is 2.26. The van der Waals surface area contributed by atoms with Gasteiger partial charge in [-0.05, 0) is 46.2 Å². The number of aromatic nitrogens is 7. The molecule has 5 heterocycles. The van der Waals surface area contributed by atoms with Gasteiger partial charge in [0.25, 0.3) is 0 Å². The lowest BCUT2D eigenvalue weighted by molar-refractivity contribution is -0.133. The number of H-pyrrole nitrogens is 1. The van der Waals surface area contributed by atoms with E-state index in [1.54, 1.807) is 11.8 Å². The lowest BCUT2D eigenvalue weighted by atomic mass is 10.1. The molecule has 1 aliphatic heterocycles. The van der Waals surface area contributed by atoms with Gasteiger partial charge in [-0.15, -0.1) is 0 Å². The fourth-order valence-electron chi connectivity index (χ4n) is 5.07. The second kappa shape index (κ2) is 11.2. The SMILES string of the molecule is COCc1nn(C)c2c1-c1cc3c([nH]nc3c(C)n1)/C=C/c1cnn(C)c1CN(C(=O)CCN(C)C)C[C@H](C)O2. The Hall–Kier alpha value is -4.03. The predicted molar refractivity (Wildman–Crippen MR) is 152 cm³/mol. The fourth-order valence-corrected chi connectivity index (χ4v) is 5.07. The van der Waals surface area contributed by atoms with E-state index in [1.165, 1.54) is 0 Å². The summed E-state index contributed by atoms with van der Waals surface area (Å²) in [5.41, 5.74) is 6.51. The maximum absolute atomic E-state index is 13.5. The Kier molecular flexibility index (Phi) is 7.72. The average Bonchev–Trinajstić information content (AvgIpc) is 3.56. The number of amides is 1. The Bertz CT molecular complexity index is 1560. The summed E-state index contributed by atoms with van der Waals surface area (Å²) in [6, 6.07) is 2.01. The molecule has 0 fully saturated rings. The van der Waals surface area contributed by atoms with Crippen LogP contribution in [0, 0.1) is 6.92 Å². The monoisotopic (exact) mass is 547 g/mol. The molecule has 1 amide bonds. The predicted octanol–water partition coefficient (Wildman–Crippen LogP) is 2.78. The summed E-state index contributed by atoms with van der Waals surface area (Å²) in [6.07, 6.45) is 5.90. The quantitative estimate of drug-likeness (QED) is 0.405. The van der Waals surface area contributed by atoms with E-state index in [-0.39, 0.29) is 12.0 Å². The number of fused-ring (bicyclic) bond motifs is 4. The largest absolute Gasteiger partial charge is 0.472 e. The minimum atomic E-state index is -0.334. The van der Waals surface area contributed by atoms with Crippen LogP contribution in [0.15, 0.2) is 12.3 Å². The number of methoxy groups -OCH3 is 1. The second-order valence-electron chi connectivity index (χ2n) is 10.6. The molecule has 4 aromatic rings. The molecule has 1 aliphatic rings. The van der Waals surface area contributed by atoms with Gasteiger partial charge in [0.1, 0.15) is 17.3 Å².